The van der Waals surface area contributed by atoms with Crippen LogP contribution < -0.4 is 10.6 Å². The van der Waals surface area contributed by atoms with E-state index in [1.165, 1.54) is 0 Å². The molecular weight excluding hydrogens is 249 g/mol. The lowest BCUT2D eigenvalue weighted by Crippen LogP contribution is -2.53. The largest absolute Gasteiger partial charge is 0.444 e. The molecule has 1 aliphatic rings. The molecule has 1 amide bonds. The van der Waals surface area contributed by atoms with Crippen molar-refractivity contribution in [3.8, 4) is 0 Å². The summed E-state index contributed by atoms with van der Waals surface area (Å²) >= 11 is 0. The van der Waals surface area contributed by atoms with Gasteiger partial charge in [0.15, 0.2) is 0 Å². The van der Waals surface area contributed by atoms with E-state index in [2.05, 4.69) is 10.6 Å². The maximum atomic E-state index is 12.5. The fraction of sp³-hybridized carbons (Fsp3) is 0.909. The van der Waals surface area contributed by atoms with Crippen molar-refractivity contribution < 1.29 is 22.7 Å². The van der Waals surface area contributed by atoms with Crippen LogP contribution in [0.25, 0.3) is 0 Å². The van der Waals surface area contributed by atoms with Crippen molar-refractivity contribution in [3.63, 3.8) is 0 Å². The van der Waals surface area contributed by atoms with Gasteiger partial charge in [-0.25, -0.2) is 4.79 Å². The summed E-state index contributed by atoms with van der Waals surface area (Å²) in [5.41, 5.74) is -0.652. The average Bonchev–Trinajstić information content (AvgIpc) is 2.13. The van der Waals surface area contributed by atoms with Crippen molar-refractivity contribution in [2.24, 2.45) is 0 Å². The topological polar surface area (TPSA) is 50.4 Å². The molecule has 1 saturated heterocycles. The summed E-state index contributed by atoms with van der Waals surface area (Å²) in [5.74, 6) is 0. The lowest BCUT2D eigenvalue weighted by molar-refractivity contribution is -0.161. The molecule has 2 N–H and O–H groups in total. The Labute approximate surface area is 104 Å². The fourth-order valence-electron chi connectivity index (χ4n) is 1.77. The molecule has 1 aliphatic heterocycles. The number of rotatable bonds is 1. The van der Waals surface area contributed by atoms with Crippen LogP contribution in [-0.2, 0) is 4.74 Å². The van der Waals surface area contributed by atoms with Crippen LogP contribution in [0.5, 0.6) is 0 Å². The summed E-state index contributed by atoms with van der Waals surface area (Å²) < 4.78 is 42.6. The minimum absolute atomic E-state index is 0.164. The fourth-order valence-corrected chi connectivity index (χ4v) is 1.77. The van der Waals surface area contributed by atoms with Crippen molar-refractivity contribution >= 4 is 6.09 Å². The molecule has 0 spiro atoms. The monoisotopic (exact) mass is 268 g/mol. The minimum Gasteiger partial charge on any atom is -0.444 e. The first-order chi connectivity index (χ1) is 8.08. The van der Waals surface area contributed by atoms with Crippen LogP contribution in [0.1, 0.15) is 33.6 Å². The standard InChI is InChI=1S/C11H19F3N2O2/c1-10(2,3)18-9(17)16-7-4-5-15-8(6-7)11(12,13)14/h7-8,15H,4-6H2,1-3H3,(H,16,17)/t7-,8-/m1/s1. The van der Waals surface area contributed by atoms with Crippen molar-refractivity contribution in [2.75, 3.05) is 6.54 Å². The van der Waals surface area contributed by atoms with E-state index in [1.54, 1.807) is 20.8 Å². The second-order valence-electron chi connectivity index (χ2n) is 5.42. The number of hydrogen-bond donors (Lipinski definition) is 2. The number of piperidine rings is 1. The minimum atomic E-state index is -4.28. The number of hydrogen-bond acceptors (Lipinski definition) is 3. The van der Waals surface area contributed by atoms with E-state index in [9.17, 15) is 18.0 Å². The van der Waals surface area contributed by atoms with E-state index < -0.39 is 30.0 Å². The van der Waals surface area contributed by atoms with E-state index in [-0.39, 0.29) is 13.0 Å². The molecule has 1 fully saturated rings. The van der Waals surface area contributed by atoms with Gasteiger partial charge < -0.3 is 15.4 Å². The Morgan fingerprint density at radius 3 is 2.44 bits per heavy atom. The Morgan fingerprint density at radius 1 is 1.33 bits per heavy atom. The number of nitrogens with one attached hydrogen (secondary N) is 2. The molecule has 0 aromatic heterocycles. The molecule has 4 nitrogen and oxygen atoms in total. The number of carbonyl (C=O) groups is 1. The zero-order chi connectivity index (χ0) is 14.0. The Bertz CT molecular complexity index is 300. The summed E-state index contributed by atoms with van der Waals surface area (Å²) in [7, 11) is 0. The lowest BCUT2D eigenvalue weighted by atomic mass is 9.99. The van der Waals surface area contributed by atoms with E-state index in [4.69, 9.17) is 4.74 Å². The normalized spacial score (nSPS) is 25.7. The Morgan fingerprint density at radius 2 is 1.94 bits per heavy atom. The van der Waals surface area contributed by atoms with Crippen LogP contribution in [0.15, 0.2) is 0 Å². The van der Waals surface area contributed by atoms with Crippen molar-refractivity contribution in [3.05, 3.63) is 0 Å². The van der Waals surface area contributed by atoms with Crippen molar-refractivity contribution in [1.29, 1.82) is 0 Å². The molecular formula is C11H19F3N2O2. The first kappa shape index (κ1) is 15.1. The molecule has 0 radical (unpaired) electrons. The Balaban J connectivity index is 2.46. The maximum Gasteiger partial charge on any atom is 0.407 e. The van der Waals surface area contributed by atoms with Gasteiger partial charge in [0.1, 0.15) is 11.6 Å². The second-order valence-corrected chi connectivity index (χ2v) is 5.42. The maximum absolute atomic E-state index is 12.5. The summed E-state index contributed by atoms with van der Waals surface area (Å²) in [6.07, 6.45) is -4.65. The molecule has 106 valence electrons. The molecule has 2 atom stereocenters. The number of amides is 1. The van der Waals surface area contributed by atoms with E-state index in [1.807, 2.05) is 0 Å². The van der Waals surface area contributed by atoms with E-state index >= 15 is 0 Å². The zero-order valence-electron chi connectivity index (χ0n) is 10.7. The third kappa shape index (κ3) is 5.12. The zero-order valence-corrected chi connectivity index (χ0v) is 10.7. The van der Waals surface area contributed by atoms with Crippen LogP contribution in [0.4, 0.5) is 18.0 Å². The van der Waals surface area contributed by atoms with Gasteiger partial charge in [-0.1, -0.05) is 0 Å². The summed E-state index contributed by atoms with van der Waals surface area (Å²) in [6.45, 7) is 5.33. The highest BCUT2D eigenvalue weighted by atomic mass is 19.4. The number of ether oxygens (including phenoxy) is 1. The van der Waals surface area contributed by atoms with Gasteiger partial charge in [0, 0.05) is 6.04 Å². The SMILES string of the molecule is CC(C)(C)OC(=O)N[C@@H]1CCN[C@@H](C(F)(F)F)C1. The van der Waals surface area contributed by atoms with E-state index in [0.29, 0.717) is 6.42 Å². The van der Waals surface area contributed by atoms with Crippen LogP contribution in [-0.4, -0.2) is 36.5 Å². The number of alkyl halides is 3. The van der Waals surface area contributed by atoms with Gasteiger partial charge in [0.05, 0.1) is 0 Å². The average molecular weight is 268 g/mol. The predicted molar refractivity (Wildman–Crippen MR) is 60.2 cm³/mol. The highest BCUT2D eigenvalue weighted by Gasteiger charge is 2.42. The molecule has 7 heteroatoms. The third-order valence-electron chi connectivity index (χ3n) is 2.52. The predicted octanol–water partition coefficient (Wildman–Crippen LogP) is 2.19. The van der Waals surface area contributed by atoms with Gasteiger partial charge in [0.2, 0.25) is 0 Å². The van der Waals surface area contributed by atoms with Crippen LogP contribution >= 0.6 is 0 Å². The highest BCUT2D eigenvalue weighted by Crippen LogP contribution is 2.26. The van der Waals surface area contributed by atoms with Crippen molar-refractivity contribution in [1.82, 2.24) is 10.6 Å². The van der Waals surface area contributed by atoms with Gasteiger partial charge >= 0.3 is 12.3 Å². The number of halogens is 3. The van der Waals surface area contributed by atoms with E-state index in [0.717, 1.165) is 0 Å². The summed E-state index contributed by atoms with van der Waals surface area (Å²) in [6, 6.07) is -2.07. The molecule has 0 aromatic rings. The van der Waals surface area contributed by atoms with Gasteiger partial charge in [-0.05, 0) is 40.2 Å². The van der Waals surface area contributed by atoms with Gasteiger partial charge in [-0.2, -0.15) is 13.2 Å². The van der Waals surface area contributed by atoms with Gasteiger partial charge in [-0.3, -0.25) is 0 Å². The molecule has 0 aliphatic carbocycles. The molecule has 0 aromatic carbocycles. The van der Waals surface area contributed by atoms with Gasteiger partial charge in [-0.15, -0.1) is 0 Å². The van der Waals surface area contributed by atoms with Gasteiger partial charge in [0.25, 0.3) is 0 Å². The summed E-state index contributed by atoms with van der Waals surface area (Å²) in [4.78, 5) is 11.4. The molecule has 0 bridgehead atoms. The second kappa shape index (κ2) is 5.34. The highest BCUT2D eigenvalue weighted by molar-refractivity contribution is 5.68. The molecule has 0 unspecified atom stereocenters. The Kier molecular flexibility index (Phi) is 4.47. The quantitative estimate of drug-likeness (QED) is 0.766. The molecule has 0 saturated carbocycles. The molecule has 1 heterocycles. The number of alkyl carbamates (subject to hydrolysis) is 1. The first-order valence-corrected chi connectivity index (χ1v) is 5.87. The smallest absolute Gasteiger partial charge is 0.407 e. The number of carbonyl (C=O) groups excluding carboxylic acids is 1. The van der Waals surface area contributed by atoms with Crippen LogP contribution in [0.3, 0.4) is 0 Å². The van der Waals surface area contributed by atoms with Crippen LogP contribution in [0.2, 0.25) is 0 Å². The lowest BCUT2D eigenvalue weighted by Gasteiger charge is -2.32. The first-order valence-electron chi connectivity index (χ1n) is 5.87. The summed E-state index contributed by atoms with van der Waals surface area (Å²) in [5, 5.41) is 4.87. The molecule has 18 heavy (non-hydrogen) atoms. The third-order valence-corrected chi connectivity index (χ3v) is 2.52. The van der Waals surface area contributed by atoms with Crippen molar-refractivity contribution in [2.45, 2.75) is 57.5 Å². The Hall–Kier alpha value is -0.980. The van der Waals surface area contributed by atoms with Crippen LogP contribution in [0, 0.1) is 0 Å². The molecule has 1 rings (SSSR count).